The molecule has 0 saturated carbocycles. The van der Waals surface area contributed by atoms with Gasteiger partial charge in [-0.15, -0.1) is 11.3 Å². The minimum absolute atomic E-state index is 0.143. The van der Waals surface area contributed by atoms with Crippen LogP contribution in [0.5, 0.6) is 0 Å². The van der Waals surface area contributed by atoms with Crippen LogP contribution in [0, 0.1) is 13.8 Å². The van der Waals surface area contributed by atoms with Gasteiger partial charge in [-0.2, -0.15) is 0 Å². The number of hydrogen-bond donors (Lipinski definition) is 0. The molecule has 0 N–H and O–H groups in total. The third-order valence-corrected chi connectivity index (χ3v) is 6.47. The summed E-state index contributed by atoms with van der Waals surface area (Å²) in [6.07, 6.45) is 7.14. The summed E-state index contributed by atoms with van der Waals surface area (Å²) in [5.74, 6) is 0.242. The Bertz CT molecular complexity index is 813. The van der Waals surface area contributed by atoms with Gasteiger partial charge in [-0.1, -0.05) is 36.4 Å². The molecule has 0 unspecified atom stereocenters. The largest absolute Gasteiger partial charge is 0.342 e. The van der Waals surface area contributed by atoms with Gasteiger partial charge >= 0.3 is 0 Å². The second-order valence-electron chi connectivity index (χ2n) is 6.88. The second-order valence-corrected chi connectivity index (χ2v) is 8.16. The quantitative estimate of drug-likeness (QED) is 0.832. The molecular formula is C20H22N2OS. The molecule has 3 nitrogen and oxygen atoms in total. The number of hydrogen-bond acceptors (Lipinski definition) is 3. The Morgan fingerprint density at radius 3 is 2.71 bits per heavy atom. The molecule has 4 heteroatoms. The molecule has 4 rings (SSSR count). The molecule has 2 aliphatic rings. The first-order valence-corrected chi connectivity index (χ1v) is 9.38. The van der Waals surface area contributed by atoms with Crippen LogP contribution in [0.1, 0.15) is 39.5 Å². The number of rotatable bonds is 2. The predicted octanol–water partition coefficient (Wildman–Crippen LogP) is 3.89. The fraction of sp³-hybridized carbons (Fsp3) is 0.400. The van der Waals surface area contributed by atoms with E-state index in [1.54, 1.807) is 11.3 Å². The van der Waals surface area contributed by atoms with E-state index in [2.05, 4.69) is 41.4 Å². The molecule has 1 aliphatic heterocycles. The van der Waals surface area contributed by atoms with Gasteiger partial charge in [0.1, 0.15) is 0 Å². The monoisotopic (exact) mass is 338 g/mol. The van der Waals surface area contributed by atoms with Crippen LogP contribution < -0.4 is 0 Å². The summed E-state index contributed by atoms with van der Waals surface area (Å²) in [4.78, 5) is 20.2. The summed E-state index contributed by atoms with van der Waals surface area (Å²) in [6, 6.07) is 8.66. The predicted molar refractivity (Wildman–Crippen MR) is 98.3 cm³/mol. The van der Waals surface area contributed by atoms with Gasteiger partial charge in [-0.05, 0) is 37.8 Å². The molecule has 1 aromatic heterocycles. The van der Waals surface area contributed by atoms with Crippen molar-refractivity contribution in [3.8, 4) is 0 Å². The van der Waals surface area contributed by atoms with Crippen molar-refractivity contribution in [3.05, 3.63) is 57.0 Å². The average molecular weight is 338 g/mol. The van der Waals surface area contributed by atoms with E-state index in [1.807, 2.05) is 18.7 Å². The number of carbonyl (C=O) groups excluding carboxylic acids is 1. The fourth-order valence-corrected chi connectivity index (χ4v) is 4.94. The molecule has 1 aliphatic carbocycles. The van der Waals surface area contributed by atoms with Gasteiger partial charge in [0.15, 0.2) is 0 Å². The Morgan fingerprint density at radius 1 is 1.25 bits per heavy atom. The molecular weight excluding hydrogens is 316 g/mol. The number of fused-ring (bicyclic) bond motifs is 2. The highest BCUT2D eigenvalue weighted by molar-refractivity contribution is 7.11. The number of allylic oxidation sites excluding steroid dienone is 1. The van der Waals surface area contributed by atoms with Gasteiger partial charge < -0.3 is 4.90 Å². The molecule has 1 amide bonds. The molecule has 2 aromatic rings. The van der Waals surface area contributed by atoms with E-state index in [0.29, 0.717) is 6.42 Å². The third kappa shape index (κ3) is 2.59. The minimum Gasteiger partial charge on any atom is -0.342 e. The van der Waals surface area contributed by atoms with Crippen LogP contribution in [0.4, 0.5) is 0 Å². The van der Waals surface area contributed by atoms with Crippen molar-refractivity contribution in [2.75, 3.05) is 13.1 Å². The van der Waals surface area contributed by atoms with Crippen LogP contribution in [-0.4, -0.2) is 28.9 Å². The van der Waals surface area contributed by atoms with Crippen LogP contribution in [0.15, 0.2) is 30.3 Å². The van der Waals surface area contributed by atoms with Crippen LogP contribution >= 0.6 is 11.3 Å². The first-order valence-electron chi connectivity index (χ1n) is 8.57. The van der Waals surface area contributed by atoms with Crippen molar-refractivity contribution in [1.82, 2.24) is 9.88 Å². The summed E-state index contributed by atoms with van der Waals surface area (Å²) in [5.41, 5.74) is 3.93. The van der Waals surface area contributed by atoms with Gasteiger partial charge in [0.25, 0.3) is 0 Å². The molecule has 1 spiro atoms. The van der Waals surface area contributed by atoms with Crippen molar-refractivity contribution < 1.29 is 4.79 Å². The van der Waals surface area contributed by atoms with E-state index >= 15 is 0 Å². The Kier molecular flexibility index (Phi) is 3.80. The average Bonchev–Trinajstić information content (AvgIpc) is 3.09. The summed E-state index contributed by atoms with van der Waals surface area (Å²) >= 11 is 1.65. The van der Waals surface area contributed by atoms with E-state index in [4.69, 9.17) is 0 Å². The van der Waals surface area contributed by atoms with Crippen molar-refractivity contribution in [3.63, 3.8) is 0 Å². The summed E-state index contributed by atoms with van der Waals surface area (Å²) in [5, 5.41) is 1.04. The Hall–Kier alpha value is -1.94. The number of aromatic nitrogens is 1. The number of aryl methyl sites for hydroxylation is 2. The van der Waals surface area contributed by atoms with Crippen LogP contribution in [0.3, 0.4) is 0 Å². The molecule has 1 aromatic carbocycles. The van der Waals surface area contributed by atoms with Crippen LogP contribution in [0.2, 0.25) is 0 Å². The van der Waals surface area contributed by atoms with Crippen molar-refractivity contribution in [2.45, 2.75) is 38.5 Å². The molecule has 2 heterocycles. The maximum atomic E-state index is 12.7. The van der Waals surface area contributed by atoms with E-state index in [9.17, 15) is 4.79 Å². The van der Waals surface area contributed by atoms with Gasteiger partial charge in [0.05, 0.1) is 17.1 Å². The van der Waals surface area contributed by atoms with E-state index < -0.39 is 0 Å². The van der Waals surface area contributed by atoms with E-state index in [0.717, 1.165) is 41.5 Å². The molecule has 24 heavy (non-hydrogen) atoms. The van der Waals surface area contributed by atoms with E-state index in [-0.39, 0.29) is 11.3 Å². The normalized spacial score (nSPS) is 18.2. The van der Waals surface area contributed by atoms with Gasteiger partial charge in [-0.25, -0.2) is 4.98 Å². The van der Waals surface area contributed by atoms with Gasteiger partial charge in [-0.3, -0.25) is 4.79 Å². The van der Waals surface area contributed by atoms with Crippen molar-refractivity contribution in [1.29, 1.82) is 0 Å². The minimum atomic E-state index is 0.143. The lowest BCUT2D eigenvalue weighted by molar-refractivity contribution is -0.131. The smallest absolute Gasteiger partial charge is 0.227 e. The second kappa shape index (κ2) is 5.85. The highest BCUT2D eigenvalue weighted by Gasteiger charge is 2.38. The first-order chi connectivity index (χ1) is 11.6. The standard InChI is InChI=1S/C20H22N2OS/c1-14-18(24-15(2)21-14)13-19(23)22-11-9-20(10-12-22)8-7-16-5-3-4-6-17(16)20/h3-8H,9-13H2,1-2H3. The molecule has 0 radical (unpaired) electrons. The molecule has 124 valence electrons. The lowest BCUT2D eigenvalue weighted by Gasteiger charge is -2.39. The number of benzene rings is 1. The molecule has 0 atom stereocenters. The maximum Gasteiger partial charge on any atom is 0.227 e. The highest BCUT2D eigenvalue weighted by Crippen LogP contribution is 2.43. The van der Waals surface area contributed by atoms with Gasteiger partial charge in [0.2, 0.25) is 5.91 Å². The zero-order chi connectivity index (χ0) is 16.7. The van der Waals surface area contributed by atoms with Crippen LogP contribution in [-0.2, 0) is 16.6 Å². The van der Waals surface area contributed by atoms with E-state index in [1.165, 1.54) is 11.1 Å². The van der Waals surface area contributed by atoms with Gasteiger partial charge in [0, 0.05) is 23.4 Å². The number of carbonyl (C=O) groups is 1. The fourth-order valence-electron chi connectivity index (χ4n) is 4.01. The molecule has 0 bridgehead atoms. The maximum absolute atomic E-state index is 12.7. The van der Waals surface area contributed by atoms with Crippen molar-refractivity contribution in [2.24, 2.45) is 0 Å². The SMILES string of the molecule is Cc1nc(C)c(CC(=O)N2CCC3(C=Cc4ccccc43)CC2)s1. The number of piperidine rings is 1. The summed E-state index contributed by atoms with van der Waals surface area (Å²) in [7, 11) is 0. The number of amides is 1. The number of thiazole rings is 1. The third-order valence-electron chi connectivity index (χ3n) is 5.40. The summed E-state index contributed by atoms with van der Waals surface area (Å²) in [6.45, 7) is 5.68. The molecule has 1 fully saturated rings. The Morgan fingerprint density at radius 2 is 2.00 bits per heavy atom. The van der Waals surface area contributed by atoms with Crippen LogP contribution in [0.25, 0.3) is 6.08 Å². The lowest BCUT2D eigenvalue weighted by atomic mass is 9.74. The topological polar surface area (TPSA) is 33.2 Å². The summed E-state index contributed by atoms with van der Waals surface area (Å²) < 4.78 is 0. The zero-order valence-electron chi connectivity index (χ0n) is 14.2. The molecule has 1 saturated heterocycles. The van der Waals surface area contributed by atoms with Crippen molar-refractivity contribution >= 4 is 23.3 Å². The highest BCUT2D eigenvalue weighted by atomic mass is 32.1. The number of likely N-dealkylation sites (tertiary alicyclic amines) is 1. The Labute approximate surface area is 147 Å². The Balaban J connectivity index is 1.44. The zero-order valence-corrected chi connectivity index (χ0v) is 15.0. The number of nitrogens with zero attached hydrogens (tertiary/aromatic N) is 2. The first kappa shape index (κ1) is 15.6. The lowest BCUT2D eigenvalue weighted by Crippen LogP contribution is -2.44.